The van der Waals surface area contributed by atoms with Crippen LogP contribution in [-0.2, 0) is 14.6 Å². The maximum Gasteiger partial charge on any atom is 0.244 e. The Balaban J connectivity index is 1.61. The number of likely N-dealkylation sites (tertiary alicyclic amines) is 1. The second-order valence-electron chi connectivity index (χ2n) is 6.56. The van der Waals surface area contributed by atoms with Gasteiger partial charge in [0.15, 0.2) is 14.6 Å². The van der Waals surface area contributed by atoms with E-state index >= 15 is 0 Å². The lowest BCUT2D eigenvalue weighted by Crippen LogP contribution is -2.62. The van der Waals surface area contributed by atoms with Crippen LogP contribution in [-0.4, -0.2) is 49.4 Å². The maximum absolute atomic E-state index is 12.7. The zero-order valence-corrected chi connectivity index (χ0v) is 14.4. The molecule has 1 aliphatic heterocycles. The smallest absolute Gasteiger partial charge is 0.244 e. The van der Waals surface area contributed by atoms with Crippen molar-refractivity contribution >= 4 is 15.7 Å². The Hall–Kier alpha value is -2.07. The van der Waals surface area contributed by atoms with E-state index in [1.165, 1.54) is 6.26 Å². The standard InChI is InChI=1S/C17H20N2O4S/c1-24(21,22)17(8-2-3-9-17)16(20)19-11-15(12-19)23-14-6-4-13(10-18)5-7-14/h4-7,15H,2-3,8-9,11-12H2,1H3. The van der Waals surface area contributed by atoms with Gasteiger partial charge in [0.2, 0.25) is 5.91 Å². The second-order valence-corrected chi connectivity index (χ2v) is 8.89. The van der Waals surface area contributed by atoms with E-state index in [0.717, 1.165) is 12.8 Å². The van der Waals surface area contributed by atoms with Gasteiger partial charge in [-0.1, -0.05) is 12.8 Å². The quantitative estimate of drug-likeness (QED) is 0.823. The molecule has 24 heavy (non-hydrogen) atoms. The van der Waals surface area contributed by atoms with Crippen LogP contribution in [0.5, 0.6) is 5.75 Å². The molecule has 0 spiro atoms. The normalized spacial score (nSPS) is 20.2. The highest BCUT2D eigenvalue weighted by Gasteiger charge is 2.53. The molecule has 1 aromatic carbocycles. The molecule has 7 heteroatoms. The van der Waals surface area contributed by atoms with Crippen molar-refractivity contribution in [3.05, 3.63) is 29.8 Å². The van der Waals surface area contributed by atoms with Crippen LogP contribution in [0.1, 0.15) is 31.2 Å². The molecule has 3 rings (SSSR count). The van der Waals surface area contributed by atoms with Crippen LogP contribution in [0, 0.1) is 11.3 Å². The second kappa shape index (κ2) is 6.10. The van der Waals surface area contributed by atoms with Crippen molar-refractivity contribution in [1.82, 2.24) is 4.90 Å². The van der Waals surface area contributed by atoms with Gasteiger partial charge in [0.1, 0.15) is 11.9 Å². The number of benzene rings is 1. The van der Waals surface area contributed by atoms with Crippen LogP contribution in [0.3, 0.4) is 0 Å². The Morgan fingerprint density at radius 3 is 2.33 bits per heavy atom. The average Bonchev–Trinajstić information content (AvgIpc) is 3.01. The number of sulfone groups is 1. The zero-order chi connectivity index (χ0) is 17.4. The molecule has 0 aromatic heterocycles. The van der Waals surface area contributed by atoms with Crippen LogP contribution < -0.4 is 4.74 Å². The number of carbonyl (C=O) groups is 1. The molecule has 2 fully saturated rings. The molecule has 0 unspecified atom stereocenters. The Morgan fingerprint density at radius 1 is 1.25 bits per heavy atom. The average molecular weight is 348 g/mol. The molecule has 0 N–H and O–H groups in total. The predicted octanol–water partition coefficient (Wildman–Crippen LogP) is 1.51. The lowest BCUT2D eigenvalue weighted by Gasteiger charge is -2.43. The van der Waals surface area contributed by atoms with Gasteiger partial charge in [-0.05, 0) is 37.1 Å². The number of hydrogen-bond acceptors (Lipinski definition) is 5. The van der Waals surface area contributed by atoms with Gasteiger partial charge in [-0.3, -0.25) is 4.79 Å². The molecule has 2 aliphatic rings. The minimum absolute atomic E-state index is 0.139. The minimum Gasteiger partial charge on any atom is -0.487 e. The van der Waals surface area contributed by atoms with Crippen LogP contribution in [0.25, 0.3) is 0 Å². The summed E-state index contributed by atoms with van der Waals surface area (Å²) in [7, 11) is -3.43. The van der Waals surface area contributed by atoms with Gasteiger partial charge in [0, 0.05) is 6.26 Å². The fraction of sp³-hybridized carbons (Fsp3) is 0.529. The van der Waals surface area contributed by atoms with Crippen molar-refractivity contribution in [2.24, 2.45) is 0 Å². The van der Waals surface area contributed by atoms with Crippen molar-refractivity contribution in [2.45, 2.75) is 36.5 Å². The zero-order valence-electron chi connectivity index (χ0n) is 13.6. The summed E-state index contributed by atoms with van der Waals surface area (Å²) >= 11 is 0. The van der Waals surface area contributed by atoms with Gasteiger partial charge >= 0.3 is 0 Å². The molecular formula is C17H20N2O4S. The number of amides is 1. The molecule has 0 bridgehead atoms. The van der Waals surface area contributed by atoms with Gasteiger partial charge in [-0.2, -0.15) is 5.26 Å². The summed E-state index contributed by atoms with van der Waals surface area (Å²) in [5, 5.41) is 8.77. The van der Waals surface area contributed by atoms with Crippen molar-refractivity contribution in [2.75, 3.05) is 19.3 Å². The van der Waals surface area contributed by atoms with E-state index in [0.29, 0.717) is 37.2 Å². The van der Waals surface area contributed by atoms with Crippen LogP contribution in [0.4, 0.5) is 0 Å². The van der Waals surface area contributed by atoms with Crippen LogP contribution in [0.2, 0.25) is 0 Å². The van der Waals surface area contributed by atoms with E-state index in [2.05, 4.69) is 0 Å². The molecule has 6 nitrogen and oxygen atoms in total. The van der Waals surface area contributed by atoms with Gasteiger partial charge < -0.3 is 9.64 Å². The SMILES string of the molecule is CS(=O)(=O)C1(C(=O)N2CC(Oc3ccc(C#N)cc3)C2)CCCC1. The van der Waals surface area contributed by atoms with Crippen molar-refractivity contribution in [1.29, 1.82) is 5.26 Å². The molecule has 1 aromatic rings. The Bertz CT molecular complexity index is 768. The fourth-order valence-corrected chi connectivity index (χ4v) is 4.93. The Labute approximate surface area is 141 Å². The number of rotatable bonds is 4. The van der Waals surface area contributed by atoms with Gasteiger partial charge in [-0.25, -0.2) is 8.42 Å². The summed E-state index contributed by atoms with van der Waals surface area (Å²) < 4.78 is 28.9. The molecule has 1 saturated carbocycles. The first-order valence-electron chi connectivity index (χ1n) is 8.01. The van der Waals surface area contributed by atoms with Crippen molar-refractivity contribution in [3.8, 4) is 11.8 Å². The van der Waals surface area contributed by atoms with Crippen molar-refractivity contribution in [3.63, 3.8) is 0 Å². The van der Waals surface area contributed by atoms with Crippen molar-refractivity contribution < 1.29 is 17.9 Å². The fourth-order valence-electron chi connectivity index (χ4n) is 3.46. The number of carbonyl (C=O) groups excluding carboxylic acids is 1. The first kappa shape index (κ1) is 16.8. The van der Waals surface area contributed by atoms with E-state index in [-0.39, 0.29) is 12.0 Å². The highest BCUT2D eigenvalue weighted by atomic mass is 32.2. The Kier molecular flexibility index (Phi) is 4.26. The Morgan fingerprint density at radius 2 is 1.83 bits per heavy atom. The maximum atomic E-state index is 12.7. The molecule has 1 heterocycles. The van der Waals surface area contributed by atoms with E-state index in [1.807, 2.05) is 6.07 Å². The molecule has 1 amide bonds. The summed E-state index contributed by atoms with van der Waals surface area (Å²) in [6.45, 7) is 0.798. The molecule has 1 saturated heterocycles. The molecular weight excluding hydrogens is 328 g/mol. The number of hydrogen-bond donors (Lipinski definition) is 0. The number of ether oxygens (including phenoxy) is 1. The highest BCUT2D eigenvalue weighted by molar-refractivity contribution is 7.92. The summed E-state index contributed by atoms with van der Waals surface area (Å²) in [5.41, 5.74) is 0.559. The van der Waals surface area contributed by atoms with E-state index in [1.54, 1.807) is 29.2 Å². The first-order chi connectivity index (χ1) is 11.4. The summed E-state index contributed by atoms with van der Waals surface area (Å²) in [4.78, 5) is 14.3. The molecule has 0 radical (unpaired) electrons. The van der Waals surface area contributed by atoms with Crippen LogP contribution >= 0.6 is 0 Å². The molecule has 128 valence electrons. The van der Waals surface area contributed by atoms with Crippen LogP contribution in [0.15, 0.2) is 24.3 Å². The monoisotopic (exact) mass is 348 g/mol. The molecule has 0 atom stereocenters. The largest absolute Gasteiger partial charge is 0.487 e. The first-order valence-corrected chi connectivity index (χ1v) is 9.91. The third kappa shape index (κ3) is 2.86. The van der Waals surface area contributed by atoms with E-state index in [4.69, 9.17) is 10.00 Å². The van der Waals surface area contributed by atoms with E-state index in [9.17, 15) is 13.2 Å². The minimum atomic E-state index is -3.43. The summed E-state index contributed by atoms with van der Waals surface area (Å²) in [5.74, 6) is 0.368. The topological polar surface area (TPSA) is 87.5 Å². The summed E-state index contributed by atoms with van der Waals surface area (Å²) in [6, 6.07) is 8.83. The summed E-state index contributed by atoms with van der Waals surface area (Å²) in [6.07, 6.45) is 3.42. The lowest BCUT2D eigenvalue weighted by molar-refractivity contribution is -0.142. The number of nitriles is 1. The van der Waals surface area contributed by atoms with Gasteiger partial charge in [-0.15, -0.1) is 0 Å². The number of nitrogens with zero attached hydrogens (tertiary/aromatic N) is 2. The third-order valence-corrected chi connectivity index (χ3v) is 6.93. The van der Waals surface area contributed by atoms with Gasteiger partial charge in [0.25, 0.3) is 0 Å². The third-order valence-electron chi connectivity index (χ3n) is 4.93. The van der Waals surface area contributed by atoms with E-state index < -0.39 is 14.6 Å². The lowest BCUT2D eigenvalue weighted by atomic mass is 10.0. The highest BCUT2D eigenvalue weighted by Crippen LogP contribution is 2.39. The predicted molar refractivity (Wildman–Crippen MR) is 88.2 cm³/mol. The van der Waals surface area contributed by atoms with Gasteiger partial charge in [0.05, 0.1) is 24.7 Å². The molecule has 1 aliphatic carbocycles.